The molecule has 0 aromatic carbocycles. The first-order chi connectivity index (χ1) is 11.3. The first-order valence-corrected chi connectivity index (χ1v) is 8.61. The van der Waals surface area contributed by atoms with E-state index < -0.39 is 5.60 Å². The molecule has 1 heterocycles. The molecule has 1 aliphatic heterocycles. The van der Waals surface area contributed by atoms with Crippen molar-refractivity contribution in [3.8, 4) is 0 Å². The lowest BCUT2D eigenvalue weighted by atomic mass is 9.81. The van der Waals surface area contributed by atoms with Crippen LogP contribution in [-0.2, 0) is 19.1 Å². The summed E-state index contributed by atoms with van der Waals surface area (Å²) in [6, 6.07) is -0.735. The largest absolute Gasteiger partial charge is 0.468 e. The second-order valence-electron chi connectivity index (χ2n) is 6.64. The van der Waals surface area contributed by atoms with E-state index in [2.05, 4.69) is 23.6 Å². The molecule has 0 bridgehead atoms. The zero-order valence-electron chi connectivity index (χ0n) is 15.7. The van der Waals surface area contributed by atoms with Gasteiger partial charge in [-0.3, -0.25) is 14.9 Å². The van der Waals surface area contributed by atoms with Gasteiger partial charge < -0.3 is 14.8 Å². The molecule has 0 saturated carbocycles. The number of esters is 1. The molecule has 0 unspecified atom stereocenters. The number of allylic oxidation sites excluding steroid dienone is 1. The van der Waals surface area contributed by atoms with E-state index in [0.717, 1.165) is 12.8 Å². The second-order valence-corrected chi connectivity index (χ2v) is 6.64. The summed E-state index contributed by atoms with van der Waals surface area (Å²) >= 11 is 0. The molecule has 1 saturated heterocycles. The maximum atomic E-state index is 12.0. The number of carbonyl (C=O) groups excluding carboxylic acids is 2. The summed E-state index contributed by atoms with van der Waals surface area (Å²) in [5.74, 6) is -0.271. The molecule has 0 radical (unpaired) electrons. The van der Waals surface area contributed by atoms with Gasteiger partial charge in [0.2, 0.25) is 5.91 Å². The van der Waals surface area contributed by atoms with Gasteiger partial charge >= 0.3 is 5.97 Å². The van der Waals surface area contributed by atoms with Crippen molar-refractivity contribution in [1.29, 1.82) is 0 Å². The Morgan fingerprint density at radius 3 is 2.54 bits per heavy atom. The van der Waals surface area contributed by atoms with Gasteiger partial charge in [0.15, 0.2) is 0 Å². The van der Waals surface area contributed by atoms with Gasteiger partial charge in [0.25, 0.3) is 0 Å². The smallest absolute Gasteiger partial charge is 0.322 e. The van der Waals surface area contributed by atoms with E-state index in [1.807, 2.05) is 19.9 Å². The highest BCUT2D eigenvalue weighted by Gasteiger charge is 2.47. The highest BCUT2D eigenvalue weighted by atomic mass is 16.5. The lowest BCUT2D eigenvalue weighted by Crippen LogP contribution is -2.62. The predicted molar refractivity (Wildman–Crippen MR) is 93.6 cm³/mol. The van der Waals surface area contributed by atoms with Crippen molar-refractivity contribution in [3.63, 3.8) is 0 Å². The Hall–Kier alpha value is -1.40. The van der Waals surface area contributed by atoms with E-state index >= 15 is 0 Å². The molecule has 0 aromatic rings. The molecule has 0 spiro atoms. The summed E-state index contributed by atoms with van der Waals surface area (Å²) < 4.78 is 10.7. The molecule has 1 fully saturated rings. The topological polar surface area (TPSA) is 76.7 Å². The van der Waals surface area contributed by atoms with Gasteiger partial charge in [-0.05, 0) is 32.6 Å². The van der Waals surface area contributed by atoms with Gasteiger partial charge in [-0.2, -0.15) is 0 Å². The van der Waals surface area contributed by atoms with Crippen molar-refractivity contribution in [2.24, 2.45) is 5.92 Å². The van der Waals surface area contributed by atoms with Gasteiger partial charge in [-0.25, -0.2) is 0 Å². The second kappa shape index (κ2) is 9.18. The quantitative estimate of drug-likeness (QED) is 0.520. The Kier molecular flexibility index (Phi) is 7.90. The fourth-order valence-corrected chi connectivity index (χ4v) is 3.66. The van der Waals surface area contributed by atoms with Crippen LogP contribution in [0.1, 0.15) is 47.0 Å². The Morgan fingerprint density at radius 1 is 1.42 bits per heavy atom. The number of nitrogens with one attached hydrogen (secondary N) is 2. The molecule has 138 valence electrons. The van der Waals surface area contributed by atoms with Crippen molar-refractivity contribution in [2.45, 2.75) is 70.7 Å². The first-order valence-electron chi connectivity index (χ1n) is 8.61. The van der Waals surface area contributed by atoms with Crippen LogP contribution >= 0.6 is 0 Å². The molecule has 0 aliphatic carbocycles. The number of carbonyl (C=O) groups is 2. The van der Waals surface area contributed by atoms with Gasteiger partial charge in [0.1, 0.15) is 6.04 Å². The fraction of sp³-hybridized carbons (Fsp3) is 0.778. The first kappa shape index (κ1) is 20.6. The number of methoxy groups -OCH3 is 2. The van der Waals surface area contributed by atoms with Gasteiger partial charge in [0.05, 0.1) is 18.8 Å². The van der Waals surface area contributed by atoms with Crippen LogP contribution < -0.4 is 10.6 Å². The number of ether oxygens (including phenoxy) is 2. The SMILES string of the molecule is C/C=C\[C@@H]1C[C@H](C(=O)OC)N[C@H]1[C@@H](NC(C)=O)[C@](C)(CCC)OC. The summed E-state index contributed by atoms with van der Waals surface area (Å²) in [7, 11) is 3.06. The molecule has 0 aromatic heterocycles. The third-order valence-electron chi connectivity index (χ3n) is 4.88. The van der Waals surface area contributed by atoms with E-state index in [1.54, 1.807) is 7.11 Å². The lowest BCUT2D eigenvalue weighted by molar-refractivity contribution is -0.142. The molecule has 6 heteroatoms. The summed E-state index contributed by atoms with van der Waals surface area (Å²) in [5.41, 5.74) is -0.525. The van der Waals surface area contributed by atoms with Crippen LogP contribution in [0.25, 0.3) is 0 Å². The lowest BCUT2D eigenvalue weighted by Gasteiger charge is -2.41. The van der Waals surface area contributed by atoms with Crippen LogP contribution in [-0.4, -0.2) is 49.8 Å². The van der Waals surface area contributed by atoms with Gasteiger partial charge in [0, 0.05) is 20.1 Å². The fourth-order valence-electron chi connectivity index (χ4n) is 3.66. The van der Waals surface area contributed by atoms with Crippen LogP contribution in [0.4, 0.5) is 0 Å². The zero-order valence-corrected chi connectivity index (χ0v) is 15.7. The monoisotopic (exact) mass is 340 g/mol. The third kappa shape index (κ3) is 4.80. The number of amides is 1. The predicted octanol–water partition coefficient (Wildman–Crippen LogP) is 1.79. The zero-order chi connectivity index (χ0) is 18.3. The Balaban J connectivity index is 3.17. The van der Waals surface area contributed by atoms with E-state index in [1.165, 1.54) is 14.0 Å². The van der Waals surface area contributed by atoms with Crippen LogP contribution in [0.5, 0.6) is 0 Å². The Bertz CT molecular complexity index is 466. The van der Waals surface area contributed by atoms with Crippen molar-refractivity contribution >= 4 is 11.9 Å². The molecule has 1 amide bonds. The highest BCUT2D eigenvalue weighted by Crippen LogP contribution is 2.32. The Labute approximate surface area is 145 Å². The standard InChI is InChI=1S/C18H32N2O4/c1-7-9-13-11-14(17(22)23-5)20-15(13)16(19-12(3)21)18(4,24-6)10-8-2/h7,9,13-16,20H,8,10-11H2,1-6H3,(H,19,21)/b9-7-/t13-,14-,15-,16-,18+/m1/s1. The summed E-state index contributed by atoms with van der Waals surface area (Å²) in [4.78, 5) is 23.8. The minimum atomic E-state index is -0.525. The van der Waals surface area contributed by atoms with Crippen molar-refractivity contribution in [2.75, 3.05) is 14.2 Å². The maximum absolute atomic E-state index is 12.0. The molecule has 2 N–H and O–H groups in total. The minimum Gasteiger partial charge on any atom is -0.468 e. The number of hydrogen-bond donors (Lipinski definition) is 2. The number of hydrogen-bond acceptors (Lipinski definition) is 5. The van der Waals surface area contributed by atoms with Crippen LogP contribution in [0, 0.1) is 5.92 Å². The van der Waals surface area contributed by atoms with Crippen molar-refractivity contribution in [1.82, 2.24) is 10.6 Å². The average Bonchev–Trinajstić information content (AvgIpc) is 2.95. The molecule has 1 rings (SSSR count). The third-order valence-corrected chi connectivity index (χ3v) is 4.88. The van der Waals surface area contributed by atoms with Crippen LogP contribution in [0.3, 0.4) is 0 Å². The van der Waals surface area contributed by atoms with Crippen molar-refractivity contribution < 1.29 is 19.1 Å². The molecule has 6 nitrogen and oxygen atoms in total. The van der Waals surface area contributed by atoms with Crippen LogP contribution in [0.15, 0.2) is 12.2 Å². The van der Waals surface area contributed by atoms with Crippen LogP contribution in [0.2, 0.25) is 0 Å². The normalized spacial score (nSPS) is 27.7. The van der Waals surface area contributed by atoms with E-state index in [0.29, 0.717) is 6.42 Å². The summed E-state index contributed by atoms with van der Waals surface area (Å²) in [6.45, 7) is 7.56. The van der Waals surface area contributed by atoms with Gasteiger partial charge in [-0.1, -0.05) is 25.5 Å². The van der Waals surface area contributed by atoms with Crippen molar-refractivity contribution in [3.05, 3.63) is 12.2 Å². The maximum Gasteiger partial charge on any atom is 0.322 e. The molecule has 24 heavy (non-hydrogen) atoms. The Morgan fingerprint density at radius 2 is 2.08 bits per heavy atom. The number of rotatable bonds is 8. The average molecular weight is 340 g/mol. The molecule has 5 atom stereocenters. The van der Waals surface area contributed by atoms with E-state index in [4.69, 9.17) is 9.47 Å². The highest BCUT2D eigenvalue weighted by molar-refractivity contribution is 5.76. The summed E-state index contributed by atoms with van der Waals surface area (Å²) in [5, 5.41) is 6.41. The molecular weight excluding hydrogens is 308 g/mol. The van der Waals surface area contributed by atoms with E-state index in [9.17, 15) is 9.59 Å². The summed E-state index contributed by atoms with van der Waals surface area (Å²) in [6.07, 6.45) is 6.44. The van der Waals surface area contributed by atoms with Gasteiger partial charge in [-0.15, -0.1) is 0 Å². The minimum absolute atomic E-state index is 0.106. The molecule has 1 aliphatic rings. The van der Waals surface area contributed by atoms with E-state index in [-0.39, 0.29) is 35.9 Å². The molecular formula is C18H32N2O4.